The van der Waals surface area contributed by atoms with Crippen LogP contribution in [0.15, 0.2) is 35.1 Å². The summed E-state index contributed by atoms with van der Waals surface area (Å²) < 4.78 is 6.40. The SMILES string of the molecule is Cc1cc(Br)ccc1Oc1nccnc1C(=O)O. The van der Waals surface area contributed by atoms with E-state index in [-0.39, 0.29) is 11.6 Å². The van der Waals surface area contributed by atoms with Crippen molar-refractivity contribution in [2.75, 3.05) is 0 Å². The van der Waals surface area contributed by atoms with Gasteiger partial charge in [0.05, 0.1) is 0 Å². The Morgan fingerprint density at radius 3 is 2.72 bits per heavy atom. The third-order valence-electron chi connectivity index (χ3n) is 2.21. The van der Waals surface area contributed by atoms with E-state index in [1.54, 1.807) is 12.1 Å². The van der Waals surface area contributed by atoms with Gasteiger partial charge in [0, 0.05) is 16.9 Å². The topological polar surface area (TPSA) is 72.3 Å². The monoisotopic (exact) mass is 308 g/mol. The van der Waals surface area contributed by atoms with E-state index in [1.807, 2.05) is 13.0 Å². The molecular weight excluding hydrogens is 300 g/mol. The first-order valence-corrected chi connectivity index (χ1v) is 5.85. The molecule has 5 nitrogen and oxygen atoms in total. The lowest BCUT2D eigenvalue weighted by Crippen LogP contribution is -2.04. The van der Waals surface area contributed by atoms with Crippen LogP contribution in [0.3, 0.4) is 0 Å². The fourth-order valence-corrected chi connectivity index (χ4v) is 1.85. The Balaban J connectivity index is 2.37. The molecule has 1 heterocycles. The summed E-state index contributed by atoms with van der Waals surface area (Å²) in [7, 11) is 0. The zero-order valence-corrected chi connectivity index (χ0v) is 11.0. The zero-order valence-electron chi connectivity index (χ0n) is 9.42. The summed E-state index contributed by atoms with van der Waals surface area (Å²) >= 11 is 3.34. The van der Waals surface area contributed by atoms with Gasteiger partial charge in [0.15, 0.2) is 0 Å². The Morgan fingerprint density at radius 2 is 2.06 bits per heavy atom. The van der Waals surface area contributed by atoms with Crippen LogP contribution >= 0.6 is 15.9 Å². The van der Waals surface area contributed by atoms with Crippen molar-refractivity contribution < 1.29 is 14.6 Å². The summed E-state index contributed by atoms with van der Waals surface area (Å²) in [6, 6.07) is 5.41. The van der Waals surface area contributed by atoms with Crippen LogP contribution < -0.4 is 4.74 Å². The van der Waals surface area contributed by atoms with Crippen LogP contribution in [0.1, 0.15) is 16.1 Å². The summed E-state index contributed by atoms with van der Waals surface area (Å²) in [5.41, 5.74) is 0.659. The third-order valence-corrected chi connectivity index (χ3v) is 2.70. The average Bonchev–Trinajstić information content (AvgIpc) is 2.33. The van der Waals surface area contributed by atoms with Crippen molar-refractivity contribution >= 4 is 21.9 Å². The van der Waals surface area contributed by atoms with Gasteiger partial charge >= 0.3 is 5.97 Å². The normalized spacial score (nSPS) is 10.1. The highest BCUT2D eigenvalue weighted by Crippen LogP contribution is 2.27. The first-order chi connectivity index (χ1) is 8.58. The van der Waals surface area contributed by atoms with Crippen LogP contribution in [0.25, 0.3) is 0 Å². The Labute approximate surface area is 112 Å². The molecule has 18 heavy (non-hydrogen) atoms. The largest absolute Gasteiger partial charge is 0.476 e. The van der Waals surface area contributed by atoms with Crippen LogP contribution in [0, 0.1) is 6.92 Å². The molecule has 1 aromatic heterocycles. The molecule has 0 radical (unpaired) electrons. The van der Waals surface area contributed by atoms with Gasteiger partial charge in [0.1, 0.15) is 5.75 Å². The van der Waals surface area contributed by atoms with Crippen LogP contribution in [0.4, 0.5) is 0 Å². The maximum absolute atomic E-state index is 11.0. The predicted molar refractivity (Wildman–Crippen MR) is 67.9 cm³/mol. The minimum Gasteiger partial charge on any atom is -0.476 e. The molecule has 0 aliphatic carbocycles. The Bertz CT molecular complexity index is 602. The second-order valence-electron chi connectivity index (χ2n) is 3.53. The molecule has 0 amide bonds. The van der Waals surface area contributed by atoms with Gasteiger partial charge in [-0.3, -0.25) is 0 Å². The van der Waals surface area contributed by atoms with Gasteiger partial charge in [-0.25, -0.2) is 14.8 Å². The van der Waals surface area contributed by atoms with Gasteiger partial charge in [-0.05, 0) is 30.7 Å². The van der Waals surface area contributed by atoms with Crippen LogP contribution in [0.5, 0.6) is 11.6 Å². The quantitative estimate of drug-likeness (QED) is 0.943. The molecule has 6 heteroatoms. The first kappa shape index (κ1) is 12.5. The second kappa shape index (κ2) is 5.14. The molecule has 0 saturated carbocycles. The Kier molecular flexibility index (Phi) is 3.57. The summed E-state index contributed by atoms with van der Waals surface area (Å²) in [5.74, 6) is -0.649. The second-order valence-corrected chi connectivity index (χ2v) is 4.44. The lowest BCUT2D eigenvalue weighted by atomic mass is 10.2. The van der Waals surface area contributed by atoms with Crippen LogP contribution in [0.2, 0.25) is 0 Å². The number of rotatable bonds is 3. The van der Waals surface area contributed by atoms with Crippen molar-refractivity contribution in [1.29, 1.82) is 0 Å². The summed E-state index contributed by atoms with van der Waals surface area (Å²) in [5, 5.41) is 8.97. The van der Waals surface area contributed by atoms with Crippen LogP contribution in [-0.4, -0.2) is 21.0 Å². The standard InChI is InChI=1S/C12H9BrN2O3/c1-7-6-8(13)2-3-9(7)18-11-10(12(16)17)14-4-5-15-11/h2-6H,1H3,(H,16,17). The predicted octanol–water partition coefficient (Wildman–Crippen LogP) is 3.04. The van der Waals surface area contributed by atoms with E-state index in [4.69, 9.17) is 9.84 Å². The molecule has 0 spiro atoms. The number of carboxylic acid groups (broad SMARTS) is 1. The molecule has 0 saturated heterocycles. The number of carboxylic acids is 1. The number of nitrogens with zero attached hydrogens (tertiary/aromatic N) is 2. The van der Waals surface area contributed by atoms with Gasteiger partial charge in [-0.1, -0.05) is 15.9 Å². The van der Waals surface area contributed by atoms with E-state index in [0.717, 1.165) is 10.0 Å². The van der Waals surface area contributed by atoms with Gasteiger partial charge < -0.3 is 9.84 Å². The average molecular weight is 309 g/mol. The molecule has 0 aliphatic heterocycles. The fraction of sp³-hybridized carbons (Fsp3) is 0.0833. The van der Waals surface area contributed by atoms with Crippen molar-refractivity contribution in [2.24, 2.45) is 0 Å². The third kappa shape index (κ3) is 2.65. The lowest BCUT2D eigenvalue weighted by Gasteiger charge is -2.09. The zero-order chi connectivity index (χ0) is 13.1. The molecule has 2 rings (SSSR count). The molecule has 1 aromatic carbocycles. The maximum Gasteiger partial charge on any atom is 0.360 e. The maximum atomic E-state index is 11.0. The number of hydrogen-bond donors (Lipinski definition) is 1. The van der Waals surface area contributed by atoms with E-state index in [9.17, 15) is 4.79 Å². The molecular formula is C12H9BrN2O3. The minimum absolute atomic E-state index is 0.0181. The van der Waals surface area contributed by atoms with Crippen molar-refractivity contribution in [2.45, 2.75) is 6.92 Å². The lowest BCUT2D eigenvalue weighted by molar-refractivity contribution is 0.0686. The number of carbonyl (C=O) groups is 1. The van der Waals surface area contributed by atoms with E-state index in [0.29, 0.717) is 5.75 Å². The number of halogens is 1. The van der Waals surface area contributed by atoms with Gasteiger partial charge in [0.25, 0.3) is 5.88 Å². The van der Waals surface area contributed by atoms with Gasteiger partial charge in [0.2, 0.25) is 5.69 Å². The van der Waals surface area contributed by atoms with E-state index in [2.05, 4.69) is 25.9 Å². The first-order valence-electron chi connectivity index (χ1n) is 5.06. The number of benzene rings is 1. The molecule has 0 fully saturated rings. The van der Waals surface area contributed by atoms with Crippen molar-refractivity contribution in [3.63, 3.8) is 0 Å². The van der Waals surface area contributed by atoms with E-state index < -0.39 is 5.97 Å². The number of ether oxygens (including phenoxy) is 1. The van der Waals surface area contributed by atoms with Crippen LogP contribution in [-0.2, 0) is 0 Å². The van der Waals surface area contributed by atoms with Crippen molar-refractivity contribution in [3.8, 4) is 11.6 Å². The molecule has 92 valence electrons. The summed E-state index contributed by atoms with van der Waals surface area (Å²) in [6.45, 7) is 1.86. The molecule has 0 bridgehead atoms. The van der Waals surface area contributed by atoms with Gasteiger partial charge in [-0.15, -0.1) is 0 Å². The number of aromatic carboxylic acids is 1. The molecule has 0 atom stereocenters. The Hall–Kier alpha value is -1.95. The van der Waals surface area contributed by atoms with Gasteiger partial charge in [-0.2, -0.15) is 0 Å². The fourth-order valence-electron chi connectivity index (χ4n) is 1.38. The van der Waals surface area contributed by atoms with Crippen molar-refractivity contribution in [3.05, 3.63) is 46.3 Å². The Morgan fingerprint density at radius 1 is 1.33 bits per heavy atom. The molecule has 1 N–H and O–H groups in total. The summed E-state index contributed by atoms with van der Waals surface area (Å²) in [4.78, 5) is 18.6. The highest BCUT2D eigenvalue weighted by Gasteiger charge is 2.15. The summed E-state index contributed by atoms with van der Waals surface area (Å²) in [6.07, 6.45) is 2.70. The number of aryl methyl sites for hydroxylation is 1. The molecule has 0 unspecified atom stereocenters. The highest BCUT2D eigenvalue weighted by atomic mass is 79.9. The van der Waals surface area contributed by atoms with Crippen molar-refractivity contribution in [1.82, 2.24) is 9.97 Å². The molecule has 0 aliphatic rings. The minimum atomic E-state index is -1.17. The number of hydrogen-bond acceptors (Lipinski definition) is 4. The number of aromatic nitrogens is 2. The smallest absolute Gasteiger partial charge is 0.360 e. The highest BCUT2D eigenvalue weighted by molar-refractivity contribution is 9.10. The molecule has 2 aromatic rings. The van der Waals surface area contributed by atoms with E-state index in [1.165, 1.54) is 12.4 Å². The van der Waals surface area contributed by atoms with E-state index >= 15 is 0 Å².